The number of aryl methyl sites for hydroxylation is 1. The summed E-state index contributed by atoms with van der Waals surface area (Å²) >= 11 is 1.31. The average molecular weight is 285 g/mol. The number of methoxy groups -OCH3 is 1. The van der Waals surface area contributed by atoms with Gasteiger partial charge >= 0.3 is 5.97 Å². The number of ether oxygens (including phenoxy) is 1. The van der Waals surface area contributed by atoms with Crippen molar-refractivity contribution in [2.24, 2.45) is 5.92 Å². The van der Waals surface area contributed by atoms with Crippen LogP contribution in [0.4, 0.5) is 5.00 Å². The molecule has 1 heterocycles. The minimum atomic E-state index is -1.02. The second-order valence-electron chi connectivity index (χ2n) is 4.43. The van der Waals surface area contributed by atoms with Gasteiger partial charge in [-0.05, 0) is 18.4 Å². The summed E-state index contributed by atoms with van der Waals surface area (Å²) in [6.45, 7) is 4.36. The van der Waals surface area contributed by atoms with Gasteiger partial charge in [0.2, 0.25) is 5.91 Å². The highest BCUT2D eigenvalue weighted by atomic mass is 32.1. The van der Waals surface area contributed by atoms with Gasteiger partial charge in [-0.15, -0.1) is 11.3 Å². The largest absolute Gasteiger partial charge is 0.478 e. The van der Waals surface area contributed by atoms with Gasteiger partial charge in [-0.25, -0.2) is 4.79 Å². The zero-order valence-electron chi connectivity index (χ0n) is 11.4. The fraction of sp³-hybridized carbons (Fsp3) is 0.538. The van der Waals surface area contributed by atoms with Crippen LogP contribution in [0.5, 0.6) is 0 Å². The summed E-state index contributed by atoms with van der Waals surface area (Å²) < 4.78 is 4.97. The van der Waals surface area contributed by atoms with Crippen molar-refractivity contribution in [3.05, 3.63) is 16.5 Å². The molecule has 1 atom stereocenters. The molecule has 0 radical (unpaired) electrons. The summed E-state index contributed by atoms with van der Waals surface area (Å²) in [6.07, 6.45) is 1.06. The van der Waals surface area contributed by atoms with Crippen molar-refractivity contribution < 1.29 is 19.4 Å². The van der Waals surface area contributed by atoms with Crippen LogP contribution < -0.4 is 5.32 Å². The molecule has 0 bridgehead atoms. The average Bonchev–Trinajstić information content (AvgIpc) is 2.72. The van der Waals surface area contributed by atoms with Gasteiger partial charge in [0.1, 0.15) is 5.00 Å². The first-order chi connectivity index (χ1) is 8.97. The van der Waals surface area contributed by atoms with Crippen LogP contribution in [0.1, 0.15) is 35.5 Å². The molecule has 2 N–H and O–H groups in total. The van der Waals surface area contributed by atoms with E-state index in [0.717, 1.165) is 11.3 Å². The van der Waals surface area contributed by atoms with E-state index in [-0.39, 0.29) is 17.4 Å². The first-order valence-corrected chi connectivity index (χ1v) is 6.94. The molecule has 0 aliphatic rings. The van der Waals surface area contributed by atoms with Crippen LogP contribution in [0.2, 0.25) is 0 Å². The molecule has 0 spiro atoms. The Kier molecular flexibility index (Phi) is 5.98. The summed E-state index contributed by atoms with van der Waals surface area (Å²) in [4.78, 5) is 23.9. The molecule has 6 heteroatoms. The van der Waals surface area contributed by atoms with Crippen molar-refractivity contribution in [2.45, 2.75) is 26.7 Å². The van der Waals surface area contributed by atoms with Crippen LogP contribution in [0, 0.1) is 5.92 Å². The Balaban J connectivity index is 2.73. The van der Waals surface area contributed by atoms with Crippen LogP contribution >= 0.6 is 11.3 Å². The predicted octanol–water partition coefficient (Wildman–Crippen LogP) is 2.62. The minimum absolute atomic E-state index is 0.101. The molecule has 5 nitrogen and oxygen atoms in total. The molecule has 1 rings (SSSR count). The fourth-order valence-corrected chi connectivity index (χ4v) is 2.71. The molecule has 0 fully saturated rings. The Labute approximate surface area is 116 Å². The van der Waals surface area contributed by atoms with Crippen molar-refractivity contribution in [2.75, 3.05) is 19.0 Å². The van der Waals surface area contributed by atoms with Crippen LogP contribution in [0.25, 0.3) is 0 Å². The number of hydrogen-bond acceptors (Lipinski definition) is 4. The number of anilines is 1. The molecule has 1 unspecified atom stereocenters. The third kappa shape index (κ3) is 4.65. The highest BCUT2D eigenvalue weighted by Crippen LogP contribution is 2.28. The lowest BCUT2D eigenvalue weighted by Crippen LogP contribution is -2.18. The highest BCUT2D eigenvalue weighted by molar-refractivity contribution is 7.16. The van der Waals surface area contributed by atoms with E-state index in [1.165, 1.54) is 11.3 Å². The van der Waals surface area contributed by atoms with Gasteiger partial charge in [-0.2, -0.15) is 0 Å². The third-order valence-corrected chi connectivity index (χ3v) is 3.79. The van der Waals surface area contributed by atoms with Gasteiger partial charge in [-0.3, -0.25) is 4.79 Å². The summed E-state index contributed by atoms with van der Waals surface area (Å²) in [5.41, 5.74) is 0.162. The van der Waals surface area contributed by atoms with Crippen molar-refractivity contribution in [3.63, 3.8) is 0 Å². The molecular weight excluding hydrogens is 266 g/mol. The van der Waals surface area contributed by atoms with Crippen LogP contribution in [0.15, 0.2) is 6.07 Å². The second-order valence-corrected chi connectivity index (χ2v) is 5.56. The number of rotatable bonds is 7. The molecule has 1 aromatic rings. The number of thiophene rings is 1. The lowest BCUT2D eigenvalue weighted by atomic mass is 10.1. The lowest BCUT2D eigenvalue weighted by molar-refractivity contribution is -0.117. The Bertz CT molecular complexity index is 455. The van der Waals surface area contributed by atoms with Crippen LogP contribution in [0.3, 0.4) is 0 Å². The molecule has 19 heavy (non-hydrogen) atoms. The zero-order chi connectivity index (χ0) is 14.4. The van der Waals surface area contributed by atoms with E-state index in [0.29, 0.717) is 18.0 Å². The van der Waals surface area contributed by atoms with Crippen molar-refractivity contribution in [1.82, 2.24) is 0 Å². The first kappa shape index (κ1) is 15.7. The number of carboxylic acids is 1. The smallest absolute Gasteiger partial charge is 0.338 e. The van der Waals surface area contributed by atoms with Gasteiger partial charge in [0.05, 0.1) is 5.56 Å². The fourth-order valence-electron chi connectivity index (χ4n) is 1.71. The van der Waals surface area contributed by atoms with Gasteiger partial charge in [0, 0.05) is 25.0 Å². The number of nitrogens with one attached hydrogen (secondary N) is 1. The van der Waals surface area contributed by atoms with E-state index in [1.54, 1.807) is 13.2 Å². The van der Waals surface area contributed by atoms with E-state index in [9.17, 15) is 9.59 Å². The van der Waals surface area contributed by atoms with Gasteiger partial charge in [0.15, 0.2) is 0 Å². The Morgan fingerprint density at radius 1 is 1.53 bits per heavy atom. The van der Waals surface area contributed by atoms with E-state index >= 15 is 0 Å². The van der Waals surface area contributed by atoms with Crippen molar-refractivity contribution in [3.8, 4) is 0 Å². The number of carbonyl (C=O) groups is 2. The molecular formula is C13H19NO4S. The Morgan fingerprint density at radius 2 is 2.21 bits per heavy atom. The standard InChI is InChI=1S/C13H19NO4S/c1-4-9-6-10(13(16)17)12(19-9)14-11(15)5-8(2)7-18-3/h6,8H,4-5,7H2,1-3H3,(H,14,15)(H,16,17). The SMILES string of the molecule is CCc1cc(C(=O)O)c(NC(=O)CC(C)COC)s1. The monoisotopic (exact) mass is 285 g/mol. The van der Waals surface area contributed by atoms with Crippen molar-refractivity contribution in [1.29, 1.82) is 0 Å². The number of aromatic carboxylic acids is 1. The van der Waals surface area contributed by atoms with Gasteiger partial charge in [0.25, 0.3) is 0 Å². The van der Waals surface area contributed by atoms with E-state index in [1.807, 2.05) is 13.8 Å². The van der Waals surface area contributed by atoms with Crippen LogP contribution in [-0.2, 0) is 16.0 Å². The number of hydrogen-bond donors (Lipinski definition) is 2. The summed E-state index contributed by atoms with van der Waals surface area (Å²) in [7, 11) is 1.59. The summed E-state index contributed by atoms with van der Waals surface area (Å²) in [6, 6.07) is 1.61. The Morgan fingerprint density at radius 3 is 2.74 bits per heavy atom. The molecule has 0 aliphatic carbocycles. The highest BCUT2D eigenvalue weighted by Gasteiger charge is 2.17. The first-order valence-electron chi connectivity index (χ1n) is 6.12. The summed E-state index contributed by atoms with van der Waals surface area (Å²) in [5.74, 6) is -1.10. The van der Waals surface area contributed by atoms with E-state index in [2.05, 4.69) is 5.32 Å². The maximum Gasteiger partial charge on any atom is 0.338 e. The predicted molar refractivity (Wildman–Crippen MR) is 74.9 cm³/mol. The number of carboxylic acid groups (broad SMARTS) is 1. The minimum Gasteiger partial charge on any atom is -0.478 e. The van der Waals surface area contributed by atoms with Gasteiger partial charge in [-0.1, -0.05) is 13.8 Å². The van der Waals surface area contributed by atoms with Gasteiger partial charge < -0.3 is 15.2 Å². The maximum absolute atomic E-state index is 11.8. The van der Waals surface area contributed by atoms with Crippen LogP contribution in [-0.4, -0.2) is 30.7 Å². The lowest BCUT2D eigenvalue weighted by Gasteiger charge is -2.09. The molecule has 0 saturated heterocycles. The second kappa shape index (κ2) is 7.25. The maximum atomic E-state index is 11.8. The normalized spacial score (nSPS) is 12.2. The summed E-state index contributed by atoms with van der Waals surface area (Å²) in [5, 5.41) is 12.2. The molecule has 106 valence electrons. The molecule has 1 aromatic heterocycles. The zero-order valence-corrected chi connectivity index (χ0v) is 12.2. The van der Waals surface area contributed by atoms with Crippen molar-refractivity contribution >= 4 is 28.2 Å². The molecule has 1 amide bonds. The molecule has 0 saturated carbocycles. The van der Waals surface area contributed by atoms with E-state index in [4.69, 9.17) is 9.84 Å². The third-order valence-electron chi connectivity index (χ3n) is 2.60. The molecule has 0 aliphatic heterocycles. The topological polar surface area (TPSA) is 75.6 Å². The molecule has 0 aromatic carbocycles. The number of amides is 1. The van der Waals surface area contributed by atoms with E-state index < -0.39 is 5.97 Å². The quantitative estimate of drug-likeness (QED) is 0.807. The number of carbonyl (C=O) groups excluding carboxylic acids is 1. The Hall–Kier alpha value is -1.40.